The van der Waals surface area contributed by atoms with E-state index in [9.17, 15) is 13.2 Å². The number of hydrogen-bond donors (Lipinski definition) is 1. The second-order valence-electron chi connectivity index (χ2n) is 8.51. The third-order valence-electron chi connectivity index (χ3n) is 5.96. The zero-order valence-electron chi connectivity index (χ0n) is 17.9. The molecule has 9 heteroatoms. The number of piperidine rings is 1. The van der Waals surface area contributed by atoms with E-state index in [2.05, 4.69) is 29.1 Å². The van der Waals surface area contributed by atoms with Crippen LogP contribution in [0.15, 0.2) is 23.1 Å². The number of carbonyl (C=O) groups is 1. The molecular formula is C21H33ClN4O3S. The number of nitrogens with one attached hydrogen (secondary N) is 1. The van der Waals surface area contributed by atoms with Crippen molar-refractivity contribution in [1.29, 1.82) is 0 Å². The molecule has 0 saturated carbocycles. The third kappa shape index (κ3) is 5.95. The largest absolute Gasteiger partial charge is 0.352 e. The molecule has 30 heavy (non-hydrogen) atoms. The number of piperazine rings is 1. The van der Waals surface area contributed by atoms with Gasteiger partial charge in [-0.15, -0.1) is 0 Å². The van der Waals surface area contributed by atoms with Crippen molar-refractivity contribution in [1.82, 2.24) is 19.4 Å². The van der Waals surface area contributed by atoms with E-state index in [1.807, 2.05) is 0 Å². The minimum absolute atomic E-state index is 0.0170. The van der Waals surface area contributed by atoms with Crippen molar-refractivity contribution in [3.63, 3.8) is 0 Å². The molecule has 0 radical (unpaired) electrons. The van der Waals surface area contributed by atoms with Gasteiger partial charge in [-0.2, -0.15) is 4.31 Å². The Balaban J connectivity index is 1.58. The Morgan fingerprint density at radius 1 is 1.20 bits per heavy atom. The molecule has 0 spiro atoms. The molecule has 1 aromatic rings. The predicted molar refractivity (Wildman–Crippen MR) is 119 cm³/mol. The number of halogens is 1. The third-order valence-corrected chi connectivity index (χ3v) is 8.31. The highest BCUT2D eigenvalue weighted by Gasteiger charge is 2.30. The Hall–Kier alpha value is -1.19. The van der Waals surface area contributed by atoms with Gasteiger partial charge in [0.05, 0.1) is 5.02 Å². The lowest BCUT2D eigenvalue weighted by Crippen LogP contribution is -2.45. The SMILES string of the molecule is CC1CCCN(S(=O)(=O)c2cc(C(=O)NCCCN3CCN(C)CC3)ccc2Cl)C1. The van der Waals surface area contributed by atoms with Gasteiger partial charge in [0.2, 0.25) is 10.0 Å². The molecule has 168 valence electrons. The molecule has 2 aliphatic rings. The van der Waals surface area contributed by atoms with E-state index in [0.717, 1.165) is 52.0 Å². The van der Waals surface area contributed by atoms with Crippen LogP contribution in [0.4, 0.5) is 0 Å². The Bertz CT molecular complexity index is 841. The molecule has 2 saturated heterocycles. The molecule has 3 rings (SSSR count). The number of carbonyl (C=O) groups excluding carboxylic acids is 1. The van der Waals surface area contributed by atoms with Crippen molar-refractivity contribution < 1.29 is 13.2 Å². The van der Waals surface area contributed by atoms with E-state index in [0.29, 0.717) is 31.1 Å². The van der Waals surface area contributed by atoms with Crippen LogP contribution in [-0.2, 0) is 10.0 Å². The summed E-state index contributed by atoms with van der Waals surface area (Å²) in [4.78, 5) is 17.3. The van der Waals surface area contributed by atoms with Gasteiger partial charge in [0.25, 0.3) is 5.91 Å². The number of rotatable bonds is 7. The fraction of sp³-hybridized carbons (Fsp3) is 0.667. The number of amides is 1. The summed E-state index contributed by atoms with van der Waals surface area (Å²) in [5.74, 6) is 0.0487. The summed E-state index contributed by atoms with van der Waals surface area (Å²) in [6, 6.07) is 4.49. The predicted octanol–water partition coefficient (Wildman–Crippen LogP) is 2.13. The van der Waals surface area contributed by atoms with Crippen LogP contribution in [0, 0.1) is 5.92 Å². The lowest BCUT2D eigenvalue weighted by molar-refractivity contribution is 0.0949. The summed E-state index contributed by atoms with van der Waals surface area (Å²) >= 11 is 6.22. The smallest absolute Gasteiger partial charge is 0.251 e. The van der Waals surface area contributed by atoms with Gasteiger partial charge >= 0.3 is 0 Å². The van der Waals surface area contributed by atoms with E-state index in [1.54, 1.807) is 6.07 Å². The first kappa shape index (κ1) is 23.5. The first-order valence-electron chi connectivity index (χ1n) is 10.8. The molecule has 1 N–H and O–H groups in total. The fourth-order valence-electron chi connectivity index (χ4n) is 4.02. The zero-order chi connectivity index (χ0) is 21.7. The number of sulfonamides is 1. The van der Waals surface area contributed by atoms with Crippen LogP contribution in [0.25, 0.3) is 0 Å². The number of nitrogens with zero attached hydrogens (tertiary/aromatic N) is 3. The lowest BCUT2D eigenvalue weighted by atomic mass is 10.0. The standard InChI is InChI=1S/C21H33ClN4O3S/c1-17-5-3-10-26(16-17)30(28,29)20-15-18(6-7-19(20)22)21(27)23-8-4-9-25-13-11-24(2)12-14-25/h6-7,15,17H,3-5,8-14,16H2,1-2H3,(H,23,27). The molecule has 7 nitrogen and oxygen atoms in total. The van der Waals surface area contributed by atoms with Crippen molar-refractivity contribution >= 4 is 27.5 Å². The number of benzene rings is 1. The molecule has 2 heterocycles. The summed E-state index contributed by atoms with van der Waals surface area (Å²) in [5.41, 5.74) is 0.322. The zero-order valence-corrected chi connectivity index (χ0v) is 19.5. The monoisotopic (exact) mass is 456 g/mol. The molecule has 1 atom stereocenters. The normalized spacial score (nSPS) is 22.2. The molecule has 0 bridgehead atoms. The Morgan fingerprint density at radius 3 is 2.63 bits per heavy atom. The van der Waals surface area contributed by atoms with Crippen LogP contribution in [-0.4, -0.2) is 87.8 Å². The van der Waals surface area contributed by atoms with E-state index in [4.69, 9.17) is 11.6 Å². The van der Waals surface area contributed by atoms with Crippen molar-refractivity contribution in [2.75, 3.05) is 59.4 Å². The summed E-state index contributed by atoms with van der Waals surface area (Å²) in [6.07, 6.45) is 2.72. The molecule has 2 aliphatic heterocycles. The van der Waals surface area contributed by atoms with Gasteiger partial charge in [-0.05, 0) is 57.0 Å². The van der Waals surface area contributed by atoms with Gasteiger partial charge in [0.15, 0.2) is 0 Å². The molecular weight excluding hydrogens is 424 g/mol. The molecule has 0 aromatic heterocycles. The summed E-state index contributed by atoms with van der Waals surface area (Å²) in [5, 5.41) is 3.06. The van der Waals surface area contributed by atoms with Gasteiger partial charge < -0.3 is 15.1 Å². The van der Waals surface area contributed by atoms with Crippen molar-refractivity contribution in [2.45, 2.75) is 31.1 Å². The van der Waals surface area contributed by atoms with Gasteiger partial charge in [-0.3, -0.25) is 4.79 Å². The van der Waals surface area contributed by atoms with Crippen LogP contribution < -0.4 is 5.32 Å². The van der Waals surface area contributed by atoms with E-state index < -0.39 is 10.0 Å². The van der Waals surface area contributed by atoms with Gasteiger partial charge in [0.1, 0.15) is 4.90 Å². The highest BCUT2D eigenvalue weighted by atomic mass is 35.5. The molecule has 1 unspecified atom stereocenters. The minimum atomic E-state index is -3.72. The summed E-state index contributed by atoms with van der Waals surface area (Å²) < 4.78 is 27.7. The highest BCUT2D eigenvalue weighted by Crippen LogP contribution is 2.29. The number of hydrogen-bond acceptors (Lipinski definition) is 5. The van der Waals surface area contributed by atoms with E-state index in [-0.39, 0.29) is 15.8 Å². The summed E-state index contributed by atoms with van der Waals surface area (Å²) in [6.45, 7) is 8.79. The average molecular weight is 457 g/mol. The van der Waals surface area contributed by atoms with Gasteiger partial charge in [0, 0.05) is 51.4 Å². The molecule has 1 aromatic carbocycles. The Kier molecular flexibility index (Phi) is 8.15. The molecule has 2 fully saturated rings. The van der Waals surface area contributed by atoms with E-state index >= 15 is 0 Å². The van der Waals surface area contributed by atoms with Crippen molar-refractivity contribution in [3.8, 4) is 0 Å². The summed E-state index contributed by atoms with van der Waals surface area (Å²) in [7, 11) is -1.59. The van der Waals surface area contributed by atoms with Crippen LogP contribution in [0.2, 0.25) is 5.02 Å². The first-order valence-corrected chi connectivity index (χ1v) is 12.6. The Labute approximate surface area is 185 Å². The second kappa shape index (κ2) is 10.4. The van der Waals surface area contributed by atoms with Crippen LogP contribution >= 0.6 is 11.6 Å². The van der Waals surface area contributed by atoms with Crippen LogP contribution in [0.5, 0.6) is 0 Å². The second-order valence-corrected chi connectivity index (χ2v) is 10.8. The van der Waals surface area contributed by atoms with Crippen LogP contribution in [0.1, 0.15) is 36.5 Å². The van der Waals surface area contributed by atoms with Crippen molar-refractivity contribution in [2.24, 2.45) is 5.92 Å². The Morgan fingerprint density at radius 2 is 1.93 bits per heavy atom. The lowest BCUT2D eigenvalue weighted by Gasteiger charge is -2.32. The minimum Gasteiger partial charge on any atom is -0.352 e. The quantitative estimate of drug-likeness (QED) is 0.636. The molecule has 1 amide bonds. The number of likely N-dealkylation sites (N-methyl/N-ethyl adjacent to an activating group) is 1. The maximum absolute atomic E-state index is 13.1. The average Bonchev–Trinajstić information content (AvgIpc) is 2.72. The van der Waals surface area contributed by atoms with Gasteiger partial charge in [-0.25, -0.2) is 8.42 Å². The van der Waals surface area contributed by atoms with E-state index in [1.165, 1.54) is 16.4 Å². The maximum atomic E-state index is 13.1. The highest BCUT2D eigenvalue weighted by molar-refractivity contribution is 7.89. The van der Waals surface area contributed by atoms with Crippen LogP contribution in [0.3, 0.4) is 0 Å². The fourth-order valence-corrected chi connectivity index (χ4v) is 6.12. The van der Waals surface area contributed by atoms with Crippen molar-refractivity contribution in [3.05, 3.63) is 28.8 Å². The van der Waals surface area contributed by atoms with Gasteiger partial charge in [-0.1, -0.05) is 18.5 Å². The maximum Gasteiger partial charge on any atom is 0.251 e. The topological polar surface area (TPSA) is 73.0 Å². The molecule has 0 aliphatic carbocycles. The first-order chi connectivity index (χ1) is 14.3.